The van der Waals surface area contributed by atoms with E-state index in [1.165, 1.54) is 24.6 Å². The van der Waals surface area contributed by atoms with Gasteiger partial charge in [0.1, 0.15) is 12.9 Å². The number of carbonyl (C=O) groups is 2. The lowest BCUT2D eigenvalue weighted by molar-refractivity contribution is -0.144. The lowest BCUT2D eigenvalue weighted by Gasteiger charge is -2.37. The number of anilines is 1. The fraction of sp³-hybridized carbons (Fsp3) is 0.294. The standard InChI is InChI=1S/C17H17N7O3S/c1-11(25)23-6-14(7-23)27-8-16(26)20-17-19-15(9-28-17)12-3-2-4-13(5-12)24-10-18-21-22-24/h2-5,9-10,14H,6-8H2,1H3,(H,19,20,26). The van der Waals surface area contributed by atoms with E-state index in [2.05, 4.69) is 25.8 Å². The molecule has 0 aliphatic carbocycles. The summed E-state index contributed by atoms with van der Waals surface area (Å²) in [6.45, 7) is 2.50. The van der Waals surface area contributed by atoms with Crippen LogP contribution >= 0.6 is 11.3 Å². The highest BCUT2D eigenvalue weighted by molar-refractivity contribution is 7.14. The third-order valence-electron chi connectivity index (χ3n) is 4.25. The molecule has 1 saturated heterocycles. The molecule has 144 valence electrons. The van der Waals surface area contributed by atoms with Gasteiger partial charge in [0.05, 0.1) is 17.5 Å². The van der Waals surface area contributed by atoms with Crippen LogP contribution in [0.1, 0.15) is 6.92 Å². The molecular weight excluding hydrogens is 382 g/mol. The lowest BCUT2D eigenvalue weighted by Crippen LogP contribution is -2.54. The maximum Gasteiger partial charge on any atom is 0.252 e. The van der Waals surface area contributed by atoms with Gasteiger partial charge in [0, 0.05) is 31.0 Å². The topological polar surface area (TPSA) is 115 Å². The number of hydrogen-bond acceptors (Lipinski definition) is 8. The zero-order valence-corrected chi connectivity index (χ0v) is 15.8. The summed E-state index contributed by atoms with van der Waals surface area (Å²) < 4.78 is 7.05. The SMILES string of the molecule is CC(=O)N1CC(OCC(=O)Nc2nc(-c3cccc(-n4cnnn4)c3)cs2)C1. The van der Waals surface area contributed by atoms with Crippen LogP contribution in [0.3, 0.4) is 0 Å². The number of hydrogen-bond donors (Lipinski definition) is 1. The van der Waals surface area contributed by atoms with E-state index in [-0.39, 0.29) is 24.5 Å². The van der Waals surface area contributed by atoms with E-state index in [0.29, 0.717) is 18.2 Å². The Kier molecular flexibility index (Phi) is 5.08. The molecule has 2 amide bonds. The van der Waals surface area contributed by atoms with Crippen molar-refractivity contribution < 1.29 is 14.3 Å². The van der Waals surface area contributed by atoms with E-state index in [9.17, 15) is 9.59 Å². The van der Waals surface area contributed by atoms with E-state index in [0.717, 1.165) is 16.9 Å². The average Bonchev–Trinajstić information content (AvgIpc) is 3.32. The van der Waals surface area contributed by atoms with Crippen molar-refractivity contribution in [1.82, 2.24) is 30.1 Å². The Morgan fingerprint density at radius 2 is 2.21 bits per heavy atom. The molecule has 1 aliphatic rings. The minimum absolute atomic E-state index is 0.0174. The van der Waals surface area contributed by atoms with Gasteiger partial charge in [-0.25, -0.2) is 9.67 Å². The first-order valence-corrected chi connectivity index (χ1v) is 9.43. The number of nitrogens with one attached hydrogen (secondary N) is 1. The van der Waals surface area contributed by atoms with Gasteiger partial charge in [0.15, 0.2) is 5.13 Å². The number of thiazole rings is 1. The molecule has 0 bridgehead atoms. The van der Waals surface area contributed by atoms with Crippen molar-refractivity contribution in [2.24, 2.45) is 0 Å². The van der Waals surface area contributed by atoms with Crippen molar-refractivity contribution in [3.8, 4) is 16.9 Å². The normalized spacial score (nSPS) is 14.0. The Bertz CT molecular complexity index is 982. The number of benzene rings is 1. The molecule has 2 aromatic heterocycles. The van der Waals surface area contributed by atoms with Gasteiger partial charge in [0.2, 0.25) is 5.91 Å². The maximum absolute atomic E-state index is 12.1. The molecule has 11 heteroatoms. The Morgan fingerprint density at radius 1 is 1.36 bits per heavy atom. The van der Waals surface area contributed by atoms with Crippen LogP contribution in [-0.4, -0.2) is 67.7 Å². The minimum Gasteiger partial charge on any atom is -0.365 e. The molecule has 1 aliphatic heterocycles. The predicted molar refractivity (Wildman–Crippen MR) is 101 cm³/mol. The number of aromatic nitrogens is 5. The number of likely N-dealkylation sites (tertiary alicyclic amines) is 1. The zero-order chi connectivity index (χ0) is 19.5. The Morgan fingerprint density at radius 3 is 2.96 bits per heavy atom. The second-order valence-corrected chi connectivity index (χ2v) is 7.11. The molecule has 1 fully saturated rings. The molecule has 1 N–H and O–H groups in total. The van der Waals surface area contributed by atoms with E-state index in [1.807, 2.05) is 29.6 Å². The minimum atomic E-state index is -0.274. The van der Waals surface area contributed by atoms with E-state index < -0.39 is 0 Å². The van der Waals surface area contributed by atoms with Gasteiger partial charge in [0.25, 0.3) is 5.91 Å². The highest BCUT2D eigenvalue weighted by Crippen LogP contribution is 2.26. The van der Waals surface area contributed by atoms with E-state index in [1.54, 1.807) is 9.58 Å². The van der Waals surface area contributed by atoms with Crippen LogP contribution in [0.2, 0.25) is 0 Å². The summed E-state index contributed by atoms with van der Waals surface area (Å²) in [6, 6.07) is 7.62. The molecule has 0 radical (unpaired) electrons. The first-order chi connectivity index (χ1) is 13.6. The van der Waals surface area contributed by atoms with Crippen molar-refractivity contribution in [1.29, 1.82) is 0 Å². The number of nitrogens with zero attached hydrogens (tertiary/aromatic N) is 6. The third kappa shape index (κ3) is 4.05. The van der Waals surface area contributed by atoms with Crippen LogP contribution in [0, 0.1) is 0 Å². The molecule has 0 atom stereocenters. The number of rotatable bonds is 6. The van der Waals surface area contributed by atoms with E-state index >= 15 is 0 Å². The van der Waals surface area contributed by atoms with Crippen LogP contribution in [0.5, 0.6) is 0 Å². The fourth-order valence-electron chi connectivity index (χ4n) is 2.70. The first kappa shape index (κ1) is 18.2. The maximum atomic E-state index is 12.1. The molecule has 1 aromatic carbocycles. The van der Waals surface area contributed by atoms with Crippen LogP contribution in [0.15, 0.2) is 36.0 Å². The molecule has 28 heavy (non-hydrogen) atoms. The Balaban J connectivity index is 1.33. The van der Waals surface area contributed by atoms with Gasteiger partial charge < -0.3 is 9.64 Å². The predicted octanol–water partition coefficient (Wildman–Crippen LogP) is 0.972. The molecule has 10 nitrogen and oxygen atoms in total. The summed E-state index contributed by atoms with van der Waals surface area (Å²) in [4.78, 5) is 29.3. The second kappa shape index (κ2) is 7.82. The molecule has 0 saturated carbocycles. The van der Waals surface area contributed by atoms with Crippen molar-refractivity contribution in [2.45, 2.75) is 13.0 Å². The van der Waals surface area contributed by atoms with Crippen molar-refractivity contribution >= 4 is 28.3 Å². The van der Waals surface area contributed by atoms with Crippen molar-refractivity contribution in [3.05, 3.63) is 36.0 Å². The lowest BCUT2D eigenvalue weighted by atomic mass is 10.1. The largest absolute Gasteiger partial charge is 0.365 e. The van der Waals surface area contributed by atoms with Crippen molar-refractivity contribution in [2.75, 3.05) is 25.0 Å². The van der Waals surface area contributed by atoms with Crippen LogP contribution in [0.25, 0.3) is 16.9 Å². The molecular formula is C17H17N7O3S. The van der Waals surface area contributed by atoms with Gasteiger partial charge in [-0.3, -0.25) is 14.9 Å². The molecule has 3 aromatic rings. The Labute approximate surface area is 164 Å². The highest BCUT2D eigenvalue weighted by atomic mass is 32.1. The summed E-state index contributed by atoms with van der Waals surface area (Å²) in [5, 5.41) is 16.2. The molecule has 3 heterocycles. The monoisotopic (exact) mass is 399 g/mol. The van der Waals surface area contributed by atoms with E-state index in [4.69, 9.17) is 4.74 Å². The van der Waals surface area contributed by atoms with Gasteiger partial charge >= 0.3 is 0 Å². The van der Waals surface area contributed by atoms with Crippen molar-refractivity contribution in [3.63, 3.8) is 0 Å². The van der Waals surface area contributed by atoms with Gasteiger partial charge in [-0.05, 0) is 22.6 Å². The summed E-state index contributed by atoms with van der Waals surface area (Å²) in [6.07, 6.45) is 1.43. The summed E-state index contributed by atoms with van der Waals surface area (Å²) in [5.74, 6) is -0.256. The number of amides is 2. The fourth-order valence-corrected chi connectivity index (χ4v) is 3.44. The number of tetrazole rings is 1. The van der Waals surface area contributed by atoms with Gasteiger partial charge in [-0.15, -0.1) is 16.4 Å². The van der Waals surface area contributed by atoms with Crippen LogP contribution in [0.4, 0.5) is 5.13 Å². The van der Waals surface area contributed by atoms with Crippen LogP contribution < -0.4 is 5.32 Å². The van der Waals surface area contributed by atoms with Crippen LogP contribution in [-0.2, 0) is 14.3 Å². The summed E-state index contributed by atoms with van der Waals surface area (Å²) in [5.41, 5.74) is 2.45. The third-order valence-corrected chi connectivity index (χ3v) is 5.01. The van der Waals surface area contributed by atoms with Gasteiger partial charge in [-0.2, -0.15) is 0 Å². The van der Waals surface area contributed by atoms with Gasteiger partial charge in [-0.1, -0.05) is 12.1 Å². The summed E-state index contributed by atoms with van der Waals surface area (Å²) in [7, 11) is 0. The smallest absolute Gasteiger partial charge is 0.252 e. The average molecular weight is 399 g/mol. The molecule has 4 rings (SSSR count). The Hall–Kier alpha value is -3.18. The quantitative estimate of drug-likeness (QED) is 0.657. The molecule has 0 unspecified atom stereocenters. The second-order valence-electron chi connectivity index (χ2n) is 6.25. The first-order valence-electron chi connectivity index (χ1n) is 8.55. The number of carbonyl (C=O) groups excluding carboxylic acids is 2. The summed E-state index contributed by atoms with van der Waals surface area (Å²) >= 11 is 1.34. The number of ether oxygens (including phenoxy) is 1. The highest BCUT2D eigenvalue weighted by Gasteiger charge is 2.29. The molecule has 0 spiro atoms. The zero-order valence-electron chi connectivity index (χ0n) is 15.0.